The molecule has 0 saturated carbocycles. The Balaban J connectivity index is 1.80. The first-order valence-electron chi connectivity index (χ1n) is 11.1. The number of hydrogen-bond donors (Lipinski definition) is 1. The van der Waals surface area contributed by atoms with Gasteiger partial charge >= 0.3 is 6.09 Å². The maximum Gasteiger partial charge on any atom is 0.410 e. The van der Waals surface area contributed by atoms with E-state index < -0.39 is 40.7 Å². The Morgan fingerprint density at radius 1 is 1.23 bits per heavy atom. The first-order chi connectivity index (χ1) is 16.2. The molecule has 1 aliphatic rings. The van der Waals surface area contributed by atoms with Crippen LogP contribution in [0.3, 0.4) is 0 Å². The molecule has 1 aromatic carbocycles. The van der Waals surface area contributed by atoms with Crippen molar-refractivity contribution in [3.63, 3.8) is 0 Å². The molecule has 0 unspecified atom stereocenters. The Bertz CT molecular complexity index is 1130. The van der Waals surface area contributed by atoms with Gasteiger partial charge in [-0.1, -0.05) is 5.16 Å². The van der Waals surface area contributed by atoms with Gasteiger partial charge in [0.2, 0.25) is 5.91 Å². The van der Waals surface area contributed by atoms with Crippen molar-refractivity contribution in [2.45, 2.75) is 45.8 Å². The largest absolute Gasteiger partial charge is 0.444 e. The molecular weight excluding hydrogens is 462 g/mol. The van der Waals surface area contributed by atoms with Gasteiger partial charge in [0.25, 0.3) is 5.91 Å². The Kier molecular flexibility index (Phi) is 7.18. The van der Waals surface area contributed by atoms with Crippen LogP contribution in [0.2, 0.25) is 0 Å². The summed E-state index contributed by atoms with van der Waals surface area (Å²) in [7, 11) is 3.19. The molecule has 190 valence electrons. The first-order valence-corrected chi connectivity index (χ1v) is 11.1. The van der Waals surface area contributed by atoms with Crippen LogP contribution in [0.1, 0.15) is 44.6 Å². The van der Waals surface area contributed by atoms with Gasteiger partial charge in [0.1, 0.15) is 17.2 Å². The highest BCUT2D eigenvalue weighted by atomic mass is 19.1. The highest BCUT2D eigenvalue weighted by Crippen LogP contribution is 2.33. The van der Waals surface area contributed by atoms with E-state index in [1.807, 2.05) is 0 Å². The van der Waals surface area contributed by atoms with E-state index in [-0.39, 0.29) is 36.0 Å². The topological polar surface area (TPSA) is 105 Å². The van der Waals surface area contributed by atoms with E-state index >= 15 is 0 Å². The molecule has 9 nitrogen and oxygen atoms in total. The predicted molar refractivity (Wildman–Crippen MR) is 122 cm³/mol. The number of carbonyl (C=O) groups is 3. The van der Waals surface area contributed by atoms with Crippen LogP contribution in [-0.4, -0.2) is 71.7 Å². The highest BCUT2D eigenvalue weighted by molar-refractivity contribution is 5.94. The lowest BCUT2D eigenvalue weighted by Crippen LogP contribution is -2.63. The van der Waals surface area contributed by atoms with Crippen molar-refractivity contribution in [2.75, 3.05) is 27.2 Å². The Morgan fingerprint density at radius 3 is 2.51 bits per heavy atom. The number of rotatable bonds is 4. The zero-order chi connectivity index (χ0) is 26.1. The highest BCUT2D eigenvalue weighted by Gasteiger charge is 2.49. The summed E-state index contributed by atoms with van der Waals surface area (Å²) in [5, 5.41) is 6.52. The third-order valence-electron chi connectivity index (χ3n) is 5.77. The molecule has 1 N–H and O–H groups in total. The van der Waals surface area contributed by atoms with E-state index in [1.165, 1.54) is 21.9 Å². The number of likely N-dealkylation sites (tertiary alicyclic amines) is 1. The number of nitrogens with zero attached hydrogens (tertiary/aromatic N) is 3. The third-order valence-corrected chi connectivity index (χ3v) is 5.77. The van der Waals surface area contributed by atoms with Crippen molar-refractivity contribution in [2.24, 2.45) is 5.41 Å². The Hall–Kier alpha value is -3.50. The predicted octanol–water partition coefficient (Wildman–Crippen LogP) is 3.45. The molecule has 1 fully saturated rings. The number of nitrogens with one attached hydrogen (secondary N) is 1. The van der Waals surface area contributed by atoms with E-state index in [4.69, 9.17) is 9.26 Å². The summed E-state index contributed by atoms with van der Waals surface area (Å²) in [4.78, 5) is 41.6. The second kappa shape index (κ2) is 9.63. The standard InChI is InChI=1S/C24H30F2N4O5/c1-23(2,3)34-22(33)30-10-9-19(24(4,13-30)21(32)29(5)6)27-20(31)17-12-18(35-28-17)15-8-7-14(25)11-16(15)26/h7-8,11-12,19H,9-10,13H2,1-6H3,(H,27,31)/t19-,24-/m1/s1. The van der Waals surface area contributed by atoms with E-state index in [2.05, 4.69) is 10.5 Å². The number of aromatic nitrogens is 1. The van der Waals surface area contributed by atoms with Crippen LogP contribution in [0.5, 0.6) is 0 Å². The average Bonchev–Trinajstić information content (AvgIpc) is 3.23. The normalized spacial score (nSPS) is 20.3. The van der Waals surface area contributed by atoms with Gasteiger partial charge in [-0.15, -0.1) is 0 Å². The number of ether oxygens (including phenoxy) is 1. The van der Waals surface area contributed by atoms with Crippen molar-refractivity contribution in [3.8, 4) is 11.3 Å². The lowest BCUT2D eigenvalue weighted by Gasteiger charge is -2.46. The van der Waals surface area contributed by atoms with Gasteiger partial charge in [-0.25, -0.2) is 13.6 Å². The monoisotopic (exact) mass is 492 g/mol. The molecule has 35 heavy (non-hydrogen) atoms. The van der Waals surface area contributed by atoms with Gasteiger partial charge in [-0.2, -0.15) is 0 Å². The minimum atomic E-state index is -1.15. The van der Waals surface area contributed by atoms with Gasteiger partial charge in [-0.05, 0) is 46.2 Å². The fourth-order valence-corrected chi connectivity index (χ4v) is 4.06. The maximum absolute atomic E-state index is 14.1. The SMILES string of the molecule is CN(C)C(=O)[C@]1(C)CN(C(=O)OC(C)(C)C)CC[C@H]1NC(=O)c1cc(-c2ccc(F)cc2F)on1. The van der Waals surface area contributed by atoms with Gasteiger partial charge in [-0.3, -0.25) is 9.59 Å². The third kappa shape index (κ3) is 5.77. The molecule has 1 saturated heterocycles. The molecule has 3 amide bonds. The van der Waals surface area contributed by atoms with Crippen LogP contribution in [0.4, 0.5) is 13.6 Å². The van der Waals surface area contributed by atoms with Crippen molar-refractivity contribution in [1.82, 2.24) is 20.3 Å². The van der Waals surface area contributed by atoms with Crippen LogP contribution < -0.4 is 5.32 Å². The summed E-state index contributed by atoms with van der Waals surface area (Å²) in [6, 6.07) is 3.57. The van der Waals surface area contributed by atoms with Crippen molar-refractivity contribution >= 4 is 17.9 Å². The molecule has 2 aromatic rings. The summed E-state index contributed by atoms with van der Waals surface area (Å²) in [5.74, 6) is -2.54. The molecule has 1 aromatic heterocycles. The van der Waals surface area contributed by atoms with Crippen molar-refractivity contribution in [3.05, 3.63) is 41.6 Å². The minimum Gasteiger partial charge on any atom is -0.444 e. The van der Waals surface area contributed by atoms with Gasteiger partial charge in [0.15, 0.2) is 11.5 Å². The number of benzene rings is 1. The van der Waals surface area contributed by atoms with Crippen LogP contribution in [0, 0.1) is 17.0 Å². The zero-order valence-corrected chi connectivity index (χ0v) is 20.6. The number of piperidine rings is 1. The molecule has 11 heteroatoms. The maximum atomic E-state index is 14.1. The van der Waals surface area contributed by atoms with Crippen molar-refractivity contribution < 1.29 is 32.4 Å². The summed E-state index contributed by atoms with van der Waals surface area (Å²) in [6.07, 6.45) is -0.249. The summed E-state index contributed by atoms with van der Waals surface area (Å²) in [6.45, 7) is 7.25. The molecule has 0 aliphatic carbocycles. The van der Waals surface area contributed by atoms with Gasteiger partial charge in [0, 0.05) is 45.4 Å². The minimum absolute atomic E-state index is 0.0364. The smallest absolute Gasteiger partial charge is 0.410 e. The summed E-state index contributed by atoms with van der Waals surface area (Å²) < 4.78 is 37.8. The first kappa shape index (κ1) is 26.1. The van der Waals surface area contributed by atoms with E-state index in [1.54, 1.807) is 41.8 Å². The van der Waals surface area contributed by atoms with Crippen LogP contribution in [0.25, 0.3) is 11.3 Å². The van der Waals surface area contributed by atoms with Crippen LogP contribution in [0.15, 0.2) is 28.8 Å². The van der Waals surface area contributed by atoms with E-state index in [9.17, 15) is 23.2 Å². The summed E-state index contributed by atoms with van der Waals surface area (Å²) in [5.41, 5.74) is -2.02. The molecule has 2 atom stereocenters. The van der Waals surface area contributed by atoms with Gasteiger partial charge < -0.3 is 24.4 Å². The number of amides is 3. The van der Waals surface area contributed by atoms with Crippen molar-refractivity contribution in [1.29, 1.82) is 0 Å². The second-order valence-electron chi connectivity index (χ2n) is 10.0. The van der Waals surface area contributed by atoms with E-state index in [0.717, 1.165) is 6.07 Å². The molecule has 0 radical (unpaired) electrons. The Labute approximate surface area is 202 Å². The average molecular weight is 493 g/mol. The molecule has 1 aliphatic heterocycles. The number of carbonyl (C=O) groups excluding carboxylic acids is 3. The van der Waals surface area contributed by atoms with Gasteiger partial charge in [0.05, 0.1) is 11.0 Å². The number of hydrogen-bond acceptors (Lipinski definition) is 6. The molecule has 0 spiro atoms. The quantitative estimate of drug-likeness (QED) is 0.701. The van der Waals surface area contributed by atoms with E-state index in [0.29, 0.717) is 12.5 Å². The summed E-state index contributed by atoms with van der Waals surface area (Å²) >= 11 is 0. The molecule has 3 rings (SSSR count). The van der Waals surface area contributed by atoms with Crippen LogP contribution >= 0.6 is 0 Å². The molecular formula is C24H30F2N4O5. The second-order valence-corrected chi connectivity index (χ2v) is 10.0. The Morgan fingerprint density at radius 2 is 1.91 bits per heavy atom. The number of halogens is 2. The van der Waals surface area contributed by atoms with Crippen LogP contribution in [-0.2, 0) is 9.53 Å². The fourth-order valence-electron chi connectivity index (χ4n) is 4.06. The zero-order valence-electron chi connectivity index (χ0n) is 20.6. The lowest BCUT2D eigenvalue weighted by molar-refractivity contribution is -0.143. The lowest BCUT2D eigenvalue weighted by atomic mass is 9.76. The molecule has 0 bridgehead atoms. The fraction of sp³-hybridized carbons (Fsp3) is 0.500. The molecule has 2 heterocycles.